The zero-order valence-corrected chi connectivity index (χ0v) is 51.5. The fourth-order valence-corrected chi connectivity index (χ4v) is 9.46. The highest BCUT2D eigenvalue weighted by atomic mass is 16.5. The monoisotopic (exact) mass is 1090 g/mol. The zero-order valence-electron chi connectivity index (χ0n) is 51.5. The highest BCUT2D eigenvalue weighted by Crippen LogP contribution is 2.16. The fourth-order valence-electron chi connectivity index (χ4n) is 9.46. The van der Waals surface area contributed by atoms with E-state index in [1.165, 1.54) is 289 Å². The maximum absolute atomic E-state index is 11.4. The summed E-state index contributed by atoms with van der Waals surface area (Å²) in [6.07, 6.45) is 79.5. The first-order valence-corrected chi connectivity index (χ1v) is 33.5. The number of ether oxygens (including phenoxy) is 1. The molecule has 8 heteroatoms. The topological polar surface area (TPSA) is 147 Å². The Labute approximate surface area is 478 Å². The molecule has 8 nitrogen and oxygen atoms in total. The summed E-state index contributed by atoms with van der Waals surface area (Å²) >= 11 is 0. The van der Waals surface area contributed by atoms with Crippen LogP contribution >= 0.6 is 0 Å². The number of hydrogen-bond acceptors (Lipinski definition) is 8. The molecule has 0 saturated carbocycles. The summed E-state index contributed by atoms with van der Waals surface area (Å²) in [5.74, 6) is -2.09. The Balaban J connectivity index is -0.00000107. The quantitative estimate of drug-likeness (QED) is 0.0348. The average molecular weight is 1090 g/mol. The molecule has 1 atom stereocenters. The van der Waals surface area contributed by atoms with Crippen LogP contribution in [0, 0.1) is 0 Å². The van der Waals surface area contributed by atoms with Gasteiger partial charge in [0.25, 0.3) is 0 Å². The molecule has 0 aromatic carbocycles. The van der Waals surface area contributed by atoms with Crippen molar-refractivity contribution >= 4 is 17.9 Å². The Kier molecular flexibility index (Phi) is 75.2. The van der Waals surface area contributed by atoms with Crippen molar-refractivity contribution in [3.8, 4) is 0 Å². The van der Waals surface area contributed by atoms with Gasteiger partial charge in [-0.1, -0.05) is 288 Å². The third-order valence-electron chi connectivity index (χ3n) is 14.6. The van der Waals surface area contributed by atoms with E-state index in [-0.39, 0.29) is 32.0 Å². The molecule has 0 bridgehead atoms. The molecular formula is C69H130O8-2. The van der Waals surface area contributed by atoms with Crippen LogP contribution in [-0.4, -0.2) is 47.4 Å². The van der Waals surface area contributed by atoms with E-state index in [9.17, 15) is 24.6 Å². The Hall–Kier alpha value is -2.45. The van der Waals surface area contributed by atoms with Gasteiger partial charge < -0.3 is 34.8 Å². The SMILES string of the molecule is CCCCCCCC/C=C\CCCCCCCCCCCC(=O)OCC(O)CO.CCCCCCCC/C=C\CCCCCCCCCCCC(=O)[O-].CCCCCCCC/C=C\CCCCCCCCCCCC(=O)[O-]. The normalized spacial score (nSPS) is 11.8. The van der Waals surface area contributed by atoms with Crippen LogP contribution in [0.1, 0.15) is 367 Å². The summed E-state index contributed by atoms with van der Waals surface area (Å²) in [5, 5.41) is 38.3. The lowest BCUT2D eigenvalue weighted by molar-refractivity contribution is -0.307. The lowest BCUT2D eigenvalue weighted by atomic mass is 10.1. The minimum Gasteiger partial charge on any atom is -0.550 e. The van der Waals surface area contributed by atoms with Crippen molar-refractivity contribution in [1.29, 1.82) is 0 Å². The maximum Gasteiger partial charge on any atom is 0.305 e. The van der Waals surface area contributed by atoms with Crippen molar-refractivity contribution in [2.75, 3.05) is 13.2 Å². The van der Waals surface area contributed by atoms with Gasteiger partial charge in [0.15, 0.2) is 0 Å². The first kappa shape index (κ1) is 78.8. The zero-order chi connectivity index (χ0) is 56.9. The summed E-state index contributed by atoms with van der Waals surface area (Å²) in [6.45, 7) is 6.33. The maximum atomic E-state index is 11.4. The van der Waals surface area contributed by atoms with Crippen LogP contribution in [0.25, 0.3) is 0 Å². The number of unbranched alkanes of at least 4 members (excludes halogenated alkanes) is 45. The van der Waals surface area contributed by atoms with Crippen LogP contribution in [0.2, 0.25) is 0 Å². The molecule has 2 N–H and O–H groups in total. The van der Waals surface area contributed by atoms with Gasteiger partial charge in [0, 0.05) is 18.4 Å². The summed E-state index contributed by atoms with van der Waals surface area (Å²) in [6, 6.07) is 0. The van der Waals surface area contributed by atoms with E-state index in [1.807, 2.05) is 0 Å². The number of esters is 1. The van der Waals surface area contributed by atoms with Crippen LogP contribution in [0.3, 0.4) is 0 Å². The average Bonchev–Trinajstić information content (AvgIpc) is 3.42. The number of rotatable bonds is 60. The second kappa shape index (κ2) is 73.5. The van der Waals surface area contributed by atoms with Crippen molar-refractivity contribution in [3.05, 3.63) is 36.5 Å². The van der Waals surface area contributed by atoms with Crippen molar-refractivity contribution < 1.29 is 39.5 Å². The van der Waals surface area contributed by atoms with E-state index in [4.69, 9.17) is 14.9 Å². The number of carbonyl (C=O) groups excluding carboxylic acids is 3. The number of aliphatic hydroxyl groups is 2. The molecule has 0 aliphatic heterocycles. The van der Waals surface area contributed by atoms with Gasteiger partial charge in [-0.2, -0.15) is 0 Å². The molecule has 0 fully saturated rings. The Morgan fingerprint density at radius 3 is 0.727 bits per heavy atom. The van der Waals surface area contributed by atoms with Gasteiger partial charge in [-0.15, -0.1) is 0 Å². The highest BCUT2D eigenvalue weighted by molar-refractivity contribution is 5.69. The van der Waals surface area contributed by atoms with Crippen molar-refractivity contribution in [2.45, 2.75) is 374 Å². The van der Waals surface area contributed by atoms with Gasteiger partial charge in [0.05, 0.1) is 6.61 Å². The van der Waals surface area contributed by atoms with Gasteiger partial charge >= 0.3 is 5.97 Å². The molecule has 0 aliphatic rings. The standard InChI is InChI=1S/C25H48O4.2C22H42O2/c1-2-3-4-5-6-7-8-9-10-11-12-13-14-15-16-17-18-19-20-21-25(28)29-23-24(27)22-26;2*1-2-3-4-5-6-7-8-9-10-11-12-13-14-15-16-17-18-19-20-21-22(23)24/h9-10,24,26-27H,2-8,11-23H2,1H3;2*9-10H,2-8,11-21H2,1H3,(H,23,24)/p-2/b3*10-9-. The third kappa shape index (κ3) is 82.5. The van der Waals surface area contributed by atoms with E-state index in [1.54, 1.807) is 0 Å². The molecule has 1 unspecified atom stereocenters. The summed E-state index contributed by atoms with van der Waals surface area (Å²) in [7, 11) is 0. The van der Waals surface area contributed by atoms with E-state index in [2.05, 4.69) is 57.2 Å². The van der Waals surface area contributed by atoms with Crippen LogP contribution in [0.5, 0.6) is 0 Å². The molecule has 0 aromatic heterocycles. The van der Waals surface area contributed by atoms with Crippen molar-refractivity contribution in [3.63, 3.8) is 0 Å². The van der Waals surface area contributed by atoms with E-state index in [0.717, 1.165) is 38.5 Å². The molecule has 0 saturated heterocycles. The van der Waals surface area contributed by atoms with Crippen LogP contribution < -0.4 is 10.2 Å². The summed E-state index contributed by atoms with van der Waals surface area (Å²) in [5.41, 5.74) is 0. The van der Waals surface area contributed by atoms with Crippen LogP contribution in [0.15, 0.2) is 36.5 Å². The Morgan fingerprint density at radius 1 is 0.325 bits per heavy atom. The Bertz CT molecular complexity index is 1170. The van der Waals surface area contributed by atoms with Gasteiger partial charge in [-0.3, -0.25) is 4.79 Å². The van der Waals surface area contributed by atoms with E-state index < -0.39 is 18.0 Å². The fraction of sp³-hybridized carbons (Fsp3) is 0.870. The second-order valence-corrected chi connectivity index (χ2v) is 22.5. The first-order valence-electron chi connectivity index (χ1n) is 33.5. The minimum atomic E-state index is -0.958. The molecule has 0 amide bonds. The Morgan fingerprint density at radius 2 is 0.519 bits per heavy atom. The van der Waals surface area contributed by atoms with Gasteiger partial charge in [0.1, 0.15) is 12.7 Å². The summed E-state index contributed by atoms with van der Waals surface area (Å²) < 4.78 is 4.88. The van der Waals surface area contributed by atoms with E-state index >= 15 is 0 Å². The van der Waals surface area contributed by atoms with Crippen LogP contribution in [-0.2, 0) is 19.1 Å². The smallest absolute Gasteiger partial charge is 0.305 e. The van der Waals surface area contributed by atoms with Crippen LogP contribution in [0.4, 0.5) is 0 Å². The number of aliphatic carboxylic acids is 2. The third-order valence-corrected chi connectivity index (χ3v) is 14.6. The number of carboxylic acids is 2. The molecule has 0 aliphatic carbocycles. The molecule has 0 aromatic rings. The number of hydrogen-bond donors (Lipinski definition) is 2. The molecule has 0 radical (unpaired) electrons. The van der Waals surface area contributed by atoms with Crippen molar-refractivity contribution in [2.24, 2.45) is 0 Å². The lowest BCUT2D eigenvalue weighted by Crippen LogP contribution is -2.21. The molecule has 77 heavy (non-hydrogen) atoms. The predicted molar refractivity (Wildman–Crippen MR) is 328 cm³/mol. The molecule has 0 heterocycles. The lowest BCUT2D eigenvalue weighted by Gasteiger charge is -2.08. The molecular weight excluding hydrogens is 957 g/mol. The van der Waals surface area contributed by atoms with E-state index in [0.29, 0.717) is 6.42 Å². The van der Waals surface area contributed by atoms with Gasteiger partial charge in [-0.05, 0) is 109 Å². The van der Waals surface area contributed by atoms with Gasteiger partial charge in [0.2, 0.25) is 0 Å². The second-order valence-electron chi connectivity index (χ2n) is 22.5. The summed E-state index contributed by atoms with van der Waals surface area (Å²) in [4.78, 5) is 32.0. The largest absolute Gasteiger partial charge is 0.550 e. The number of allylic oxidation sites excluding steroid dienone is 6. The molecule has 456 valence electrons. The predicted octanol–water partition coefficient (Wildman–Crippen LogP) is 19.1. The highest BCUT2D eigenvalue weighted by Gasteiger charge is 2.07. The molecule has 0 spiro atoms. The van der Waals surface area contributed by atoms with Crippen molar-refractivity contribution in [1.82, 2.24) is 0 Å². The first-order chi connectivity index (χ1) is 37.7. The minimum absolute atomic E-state index is 0.107. The number of carboxylic acid groups (broad SMARTS) is 2. The number of aliphatic hydroxyl groups excluding tert-OH is 2. The number of carbonyl (C=O) groups is 3. The van der Waals surface area contributed by atoms with Gasteiger partial charge in [-0.25, -0.2) is 0 Å². The molecule has 0 rings (SSSR count).